The maximum absolute atomic E-state index is 10.7. The minimum absolute atomic E-state index is 0.0433. The number of rotatable bonds is 8. The summed E-state index contributed by atoms with van der Waals surface area (Å²) in [4.78, 5) is 0. The predicted octanol–water partition coefficient (Wildman–Crippen LogP) is 3.48. The van der Waals surface area contributed by atoms with E-state index in [-0.39, 0.29) is 17.2 Å². The lowest BCUT2D eigenvalue weighted by Crippen LogP contribution is -2.07. The first kappa shape index (κ1) is 20.1. The molecule has 0 fully saturated rings. The van der Waals surface area contributed by atoms with Crippen molar-refractivity contribution >= 4 is 10.4 Å². The van der Waals surface area contributed by atoms with Gasteiger partial charge in [0.2, 0.25) is 0 Å². The van der Waals surface area contributed by atoms with E-state index in [9.17, 15) is 18.1 Å². The Bertz CT molecular complexity index is 728. The van der Waals surface area contributed by atoms with Crippen molar-refractivity contribution < 1.29 is 27.0 Å². The zero-order chi connectivity index (χ0) is 18.3. The zero-order valence-corrected chi connectivity index (χ0v) is 15.1. The van der Waals surface area contributed by atoms with Gasteiger partial charge in [-0.05, 0) is 46.1 Å². The number of ether oxygens (including phenoxy) is 1. The third-order valence-corrected chi connectivity index (χ3v) is 3.70. The predicted molar refractivity (Wildman–Crippen MR) is 91.1 cm³/mol. The fraction of sp³-hybridized carbons (Fsp3) is 0.412. The molecule has 0 radical (unpaired) electrons. The van der Waals surface area contributed by atoms with E-state index in [1.807, 2.05) is 26.8 Å². The fourth-order valence-electron chi connectivity index (χ4n) is 2.09. The zero-order valence-electron chi connectivity index (χ0n) is 14.3. The lowest BCUT2D eigenvalue weighted by atomic mass is 10.0. The summed E-state index contributed by atoms with van der Waals surface area (Å²) in [5.74, 6) is -0.256. The van der Waals surface area contributed by atoms with Crippen molar-refractivity contribution in [3.63, 3.8) is 0 Å². The van der Waals surface area contributed by atoms with Gasteiger partial charge in [0.05, 0.1) is 7.11 Å². The molecule has 1 aromatic carbocycles. The van der Waals surface area contributed by atoms with Crippen LogP contribution in [0.1, 0.15) is 39.2 Å². The molecule has 0 spiro atoms. The summed E-state index contributed by atoms with van der Waals surface area (Å²) in [6.45, 7) is 6.06. The Morgan fingerprint density at radius 3 is 2.46 bits per heavy atom. The van der Waals surface area contributed by atoms with Crippen molar-refractivity contribution in [2.24, 2.45) is 0 Å². The summed E-state index contributed by atoms with van der Waals surface area (Å²) in [7, 11) is -3.56. The molecule has 0 aliphatic rings. The summed E-state index contributed by atoms with van der Waals surface area (Å²) in [5.41, 5.74) is 2.80. The van der Waals surface area contributed by atoms with E-state index in [1.165, 1.54) is 18.7 Å². The van der Waals surface area contributed by atoms with E-state index in [0.29, 0.717) is 12.0 Å². The van der Waals surface area contributed by atoms with Gasteiger partial charge in [0.25, 0.3) is 10.4 Å². The number of phenols is 1. The fourth-order valence-corrected chi connectivity index (χ4v) is 2.42. The Morgan fingerprint density at radius 2 is 1.92 bits per heavy atom. The van der Waals surface area contributed by atoms with Crippen molar-refractivity contribution in [3.05, 3.63) is 41.0 Å². The van der Waals surface area contributed by atoms with Crippen molar-refractivity contribution in [2.45, 2.75) is 40.0 Å². The molecule has 134 valence electrons. The van der Waals surface area contributed by atoms with Crippen LogP contribution >= 0.6 is 0 Å². The van der Waals surface area contributed by atoms with E-state index >= 15 is 0 Å². The van der Waals surface area contributed by atoms with Gasteiger partial charge >= 0.3 is 0 Å². The molecule has 0 aliphatic heterocycles. The molecule has 0 atom stereocenters. The van der Waals surface area contributed by atoms with Crippen LogP contribution in [0.2, 0.25) is 0 Å². The van der Waals surface area contributed by atoms with E-state index in [2.05, 4.69) is 10.3 Å². The Kier molecular flexibility index (Phi) is 7.31. The number of hydrogen-bond donors (Lipinski definition) is 1. The summed E-state index contributed by atoms with van der Waals surface area (Å²) in [6, 6.07) is 2.47. The minimum atomic E-state index is -4.89. The highest BCUT2D eigenvalue weighted by atomic mass is 32.3. The summed E-state index contributed by atoms with van der Waals surface area (Å²) in [5, 5.41) is 10.1. The normalized spacial score (nSPS) is 12.0. The van der Waals surface area contributed by atoms with E-state index in [4.69, 9.17) is 4.74 Å². The smallest absolute Gasteiger partial charge is 0.262 e. The van der Waals surface area contributed by atoms with Crippen LogP contribution in [0.4, 0.5) is 0 Å². The number of phenolic OH excluding ortho intramolecular Hbond substituents is 1. The van der Waals surface area contributed by atoms with Gasteiger partial charge in [-0.15, -0.1) is 0 Å². The number of benzene rings is 1. The molecule has 0 heterocycles. The van der Waals surface area contributed by atoms with Crippen LogP contribution in [0.3, 0.4) is 0 Å². The van der Waals surface area contributed by atoms with Gasteiger partial charge in [0, 0.05) is 11.6 Å². The van der Waals surface area contributed by atoms with Crippen LogP contribution in [0, 0.1) is 0 Å². The lowest BCUT2D eigenvalue weighted by molar-refractivity contribution is 0.358. The van der Waals surface area contributed by atoms with Gasteiger partial charge < -0.3 is 18.6 Å². The maximum Gasteiger partial charge on any atom is 0.262 e. The average Bonchev–Trinajstić information content (AvgIpc) is 2.45. The average molecular weight is 355 g/mol. The largest absolute Gasteiger partial charge is 0.716 e. The second-order valence-corrected chi connectivity index (χ2v) is 6.68. The first-order valence-electron chi connectivity index (χ1n) is 7.46. The van der Waals surface area contributed by atoms with Crippen LogP contribution in [-0.4, -0.2) is 25.2 Å². The molecule has 0 saturated heterocycles. The van der Waals surface area contributed by atoms with Crippen LogP contribution in [0.25, 0.3) is 0 Å². The molecule has 0 saturated carbocycles. The van der Waals surface area contributed by atoms with Gasteiger partial charge in [-0.1, -0.05) is 23.3 Å². The second-order valence-electron chi connectivity index (χ2n) is 5.70. The van der Waals surface area contributed by atoms with Crippen molar-refractivity contribution in [1.82, 2.24) is 0 Å². The number of allylic oxidation sites excluding steroid dienone is 4. The third-order valence-electron chi connectivity index (χ3n) is 3.31. The van der Waals surface area contributed by atoms with E-state index in [0.717, 1.165) is 24.5 Å². The number of methoxy groups -OCH3 is 1. The Hall–Kier alpha value is -1.99. The van der Waals surface area contributed by atoms with Gasteiger partial charge in [0.15, 0.2) is 11.5 Å². The molecule has 1 rings (SSSR count). The summed E-state index contributed by atoms with van der Waals surface area (Å²) in [6.07, 6.45) is 6.25. The van der Waals surface area contributed by atoms with E-state index in [1.54, 1.807) is 0 Å². The summed E-state index contributed by atoms with van der Waals surface area (Å²) >= 11 is 0. The monoisotopic (exact) mass is 355 g/mol. The van der Waals surface area contributed by atoms with Crippen LogP contribution < -0.4 is 8.92 Å². The quantitative estimate of drug-likeness (QED) is 0.436. The molecular weight excluding hydrogens is 332 g/mol. The standard InChI is InChI=1S/C17H24O6S/c1-12(2)6-5-7-13(3)8-9-14-10-15(23-24(19,20)21)11-16(22-4)17(14)18/h6,8,10-11,18H,5,7,9H2,1-4H3,(H,19,20,21)/p-1/b13-8+. The molecule has 1 N–H and O–H groups in total. The Morgan fingerprint density at radius 1 is 1.25 bits per heavy atom. The van der Waals surface area contributed by atoms with Gasteiger partial charge in [0.1, 0.15) is 5.75 Å². The first-order valence-corrected chi connectivity index (χ1v) is 8.80. The van der Waals surface area contributed by atoms with Crippen LogP contribution in [-0.2, 0) is 16.8 Å². The number of hydrogen-bond acceptors (Lipinski definition) is 6. The first-order chi connectivity index (χ1) is 11.1. The Labute approximate surface area is 143 Å². The highest BCUT2D eigenvalue weighted by Gasteiger charge is 2.12. The van der Waals surface area contributed by atoms with E-state index < -0.39 is 10.4 Å². The maximum atomic E-state index is 10.7. The molecule has 7 heteroatoms. The van der Waals surface area contributed by atoms with Crippen molar-refractivity contribution in [1.29, 1.82) is 0 Å². The molecule has 0 aliphatic carbocycles. The molecule has 24 heavy (non-hydrogen) atoms. The van der Waals surface area contributed by atoms with Crippen molar-refractivity contribution in [3.8, 4) is 17.2 Å². The van der Waals surface area contributed by atoms with Gasteiger partial charge in [-0.3, -0.25) is 0 Å². The van der Waals surface area contributed by atoms with Crippen LogP contribution in [0.15, 0.2) is 35.4 Å². The highest BCUT2D eigenvalue weighted by molar-refractivity contribution is 7.81. The topological polar surface area (TPSA) is 95.9 Å². The molecule has 6 nitrogen and oxygen atoms in total. The molecular formula is C17H23O6S-. The molecule has 0 amide bonds. The number of aromatic hydroxyl groups is 1. The SMILES string of the molecule is COc1cc(OS(=O)(=O)[O-])cc(C/C=C(\C)CCC=C(C)C)c1O. The third kappa shape index (κ3) is 7.06. The molecule has 0 aromatic heterocycles. The van der Waals surface area contributed by atoms with Gasteiger partial charge in [-0.2, -0.15) is 0 Å². The van der Waals surface area contributed by atoms with Crippen molar-refractivity contribution in [2.75, 3.05) is 7.11 Å². The second kappa shape index (κ2) is 8.75. The van der Waals surface area contributed by atoms with Gasteiger partial charge in [-0.25, -0.2) is 8.42 Å². The molecule has 1 aromatic rings. The lowest BCUT2D eigenvalue weighted by Gasteiger charge is -2.13. The Balaban J connectivity index is 2.97. The molecule has 0 unspecified atom stereocenters. The summed E-state index contributed by atoms with van der Waals surface area (Å²) < 4.78 is 41.5. The minimum Gasteiger partial charge on any atom is -0.716 e. The van der Waals surface area contributed by atoms with Crippen LogP contribution in [0.5, 0.6) is 17.2 Å². The molecule has 0 bridgehead atoms. The highest BCUT2D eigenvalue weighted by Crippen LogP contribution is 2.35.